The summed E-state index contributed by atoms with van der Waals surface area (Å²) < 4.78 is 0. The summed E-state index contributed by atoms with van der Waals surface area (Å²) in [6.45, 7) is 3.43. The Hall–Kier alpha value is -1.36. The third kappa shape index (κ3) is 23.4. The van der Waals surface area contributed by atoms with E-state index in [-0.39, 0.29) is 6.42 Å². The first kappa shape index (κ1) is 13.2. The van der Waals surface area contributed by atoms with E-state index in [0.717, 1.165) is 6.08 Å². The van der Waals surface area contributed by atoms with Crippen LogP contribution in [0.25, 0.3) is 0 Å². The van der Waals surface area contributed by atoms with Crippen LogP contribution in [0.2, 0.25) is 0 Å². The maximum Gasteiger partial charge on any atom is 0.327 e. The molecule has 5 heteroatoms. The van der Waals surface area contributed by atoms with Gasteiger partial charge in [-0.25, -0.2) is 4.79 Å². The first-order chi connectivity index (χ1) is 5.54. The Labute approximate surface area is 70.5 Å². The van der Waals surface area contributed by atoms with Gasteiger partial charge in [-0.15, -0.1) is 0 Å². The van der Waals surface area contributed by atoms with Crippen LogP contribution in [0, 0.1) is 0 Å². The molecule has 0 rings (SSSR count). The molecule has 0 fully saturated rings. The molecule has 0 unspecified atom stereocenters. The molecule has 0 aliphatic heterocycles. The van der Waals surface area contributed by atoms with Crippen molar-refractivity contribution in [2.24, 2.45) is 5.73 Å². The zero-order chi connectivity index (χ0) is 9.98. The van der Waals surface area contributed by atoms with Crippen LogP contribution in [-0.4, -0.2) is 28.7 Å². The van der Waals surface area contributed by atoms with Gasteiger partial charge in [0.1, 0.15) is 0 Å². The first-order valence-electron chi connectivity index (χ1n) is 3.31. The zero-order valence-electron chi connectivity index (χ0n) is 6.69. The van der Waals surface area contributed by atoms with Crippen molar-refractivity contribution in [3.63, 3.8) is 0 Å². The summed E-state index contributed by atoms with van der Waals surface area (Å²) in [4.78, 5) is 19.0. The quantitative estimate of drug-likeness (QED) is 0.525. The second kappa shape index (κ2) is 9.64. The Kier molecular flexibility index (Phi) is 10.6. The molecule has 0 amide bonds. The lowest BCUT2D eigenvalue weighted by Gasteiger charge is -1.86. The van der Waals surface area contributed by atoms with Crippen LogP contribution in [0.1, 0.15) is 12.8 Å². The molecule has 0 saturated heterocycles. The van der Waals surface area contributed by atoms with E-state index in [1.165, 1.54) is 0 Å². The predicted molar refractivity (Wildman–Crippen MR) is 43.8 cm³/mol. The van der Waals surface area contributed by atoms with Crippen LogP contribution in [0.4, 0.5) is 0 Å². The minimum Gasteiger partial charge on any atom is -0.481 e. The van der Waals surface area contributed by atoms with E-state index in [9.17, 15) is 9.59 Å². The first-order valence-corrected chi connectivity index (χ1v) is 3.31. The van der Waals surface area contributed by atoms with E-state index in [1.54, 1.807) is 0 Å². The van der Waals surface area contributed by atoms with E-state index in [2.05, 4.69) is 6.58 Å². The van der Waals surface area contributed by atoms with Gasteiger partial charge >= 0.3 is 11.9 Å². The Morgan fingerprint density at radius 3 is 1.92 bits per heavy atom. The Morgan fingerprint density at radius 2 is 1.83 bits per heavy atom. The number of hydrogen-bond acceptors (Lipinski definition) is 3. The SMILES string of the molecule is C=CC(=O)O.NCCCC(=O)O. The second-order valence-electron chi connectivity index (χ2n) is 1.83. The highest BCUT2D eigenvalue weighted by molar-refractivity contribution is 5.78. The molecule has 0 bridgehead atoms. The van der Waals surface area contributed by atoms with Crippen LogP contribution < -0.4 is 5.73 Å². The average Bonchev–Trinajstić information content (AvgIpc) is 2.02. The molecule has 0 aromatic heterocycles. The van der Waals surface area contributed by atoms with Crippen LogP contribution in [0.15, 0.2) is 12.7 Å². The van der Waals surface area contributed by atoms with Crippen LogP contribution >= 0.6 is 0 Å². The molecule has 0 saturated carbocycles. The summed E-state index contributed by atoms with van der Waals surface area (Å²) in [5.74, 6) is -1.75. The van der Waals surface area contributed by atoms with Crippen molar-refractivity contribution >= 4 is 11.9 Å². The molecule has 12 heavy (non-hydrogen) atoms. The van der Waals surface area contributed by atoms with E-state index < -0.39 is 11.9 Å². The fraction of sp³-hybridized carbons (Fsp3) is 0.429. The fourth-order valence-corrected chi connectivity index (χ4v) is 0.253. The average molecular weight is 175 g/mol. The van der Waals surface area contributed by atoms with Gasteiger partial charge in [0.2, 0.25) is 0 Å². The van der Waals surface area contributed by atoms with Gasteiger partial charge in [0.25, 0.3) is 0 Å². The van der Waals surface area contributed by atoms with Crippen molar-refractivity contribution in [2.45, 2.75) is 12.8 Å². The molecule has 4 N–H and O–H groups in total. The molecule has 0 atom stereocenters. The van der Waals surface area contributed by atoms with Crippen LogP contribution in [-0.2, 0) is 9.59 Å². The number of aliphatic carboxylic acids is 2. The summed E-state index contributed by atoms with van der Waals surface area (Å²) in [6, 6.07) is 0. The molecule has 0 aliphatic carbocycles. The molecule has 0 aliphatic rings. The maximum absolute atomic E-state index is 9.70. The van der Waals surface area contributed by atoms with Gasteiger partial charge in [-0.1, -0.05) is 6.58 Å². The summed E-state index contributed by atoms with van der Waals surface area (Å²) in [6.07, 6.45) is 1.60. The highest BCUT2D eigenvalue weighted by Gasteiger charge is 1.91. The van der Waals surface area contributed by atoms with Gasteiger partial charge in [-0.3, -0.25) is 4.79 Å². The Morgan fingerprint density at radius 1 is 1.42 bits per heavy atom. The number of carbonyl (C=O) groups is 2. The van der Waals surface area contributed by atoms with Crippen LogP contribution in [0.3, 0.4) is 0 Å². The molecular weight excluding hydrogens is 162 g/mol. The highest BCUT2D eigenvalue weighted by Crippen LogP contribution is 1.82. The van der Waals surface area contributed by atoms with E-state index in [4.69, 9.17) is 15.9 Å². The number of rotatable bonds is 4. The van der Waals surface area contributed by atoms with Crippen molar-refractivity contribution in [3.8, 4) is 0 Å². The maximum atomic E-state index is 9.70. The molecule has 0 aromatic rings. The number of hydrogen-bond donors (Lipinski definition) is 3. The molecule has 0 heterocycles. The van der Waals surface area contributed by atoms with Gasteiger partial charge < -0.3 is 15.9 Å². The van der Waals surface area contributed by atoms with Crippen molar-refractivity contribution in [3.05, 3.63) is 12.7 Å². The molecule has 5 nitrogen and oxygen atoms in total. The van der Waals surface area contributed by atoms with Crippen molar-refractivity contribution in [2.75, 3.05) is 6.54 Å². The summed E-state index contributed by atoms with van der Waals surface area (Å²) in [5.41, 5.74) is 5.01. The molecule has 0 aromatic carbocycles. The van der Waals surface area contributed by atoms with Gasteiger partial charge in [0, 0.05) is 12.5 Å². The minimum atomic E-state index is -0.981. The number of nitrogens with two attached hydrogens (primary N) is 1. The molecule has 0 radical (unpaired) electrons. The van der Waals surface area contributed by atoms with Gasteiger partial charge in [-0.2, -0.15) is 0 Å². The lowest BCUT2D eigenvalue weighted by atomic mass is 10.3. The van der Waals surface area contributed by atoms with Crippen molar-refractivity contribution < 1.29 is 19.8 Å². The molecular formula is C7H13NO4. The third-order valence-electron chi connectivity index (χ3n) is 0.769. The van der Waals surface area contributed by atoms with Gasteiger partial charge in [-0.05, 0) is 13.0 Å². The Bertz CT molecular complexity index is 155. The van der Waals surface area contributed by atoms with E-state index in [1.807, 2.05) is 0 Å². The predicted octanol–water partition coefficient (Wildman–Crippen LogP) is 0.0669. The van der Waals surface area contributed by atoms with E-state index in [0.29, 0.717) is 13.0 Å². The third-order valence-corrected chi connectivity index (χ3v) is 0.769. The highest BCUT2D eigenvalue weighted by atomic mass is 16.4. The number of carboxylic acids is 2. The van der Waals surface area contributed by atoms with Crippen LogP contribution in [0.5, 0.6) is 0 Å². The fourth-order valence-electron chi connectivity index (χ4n) is 0.253. The normalized spacial score (nSPS) is 7.75. The standard InChI is InChI=1S/C4H9NO2.C3H4O2/c5-3-1-2-4(6)7;1-2-3(4)5/h1-3,5H2,(H,6,7);2H,1H2,(H,4,5). The van der Waals surface area contributed by atoms with E-state index >= 15 is 0 Å². The molecule has 0 spiro atoms. The smallest absolute Gasteiger partial charge is 0.327 e. The summed E-state index contributed by atoms with van der Waals surface area (Å²) in [7, 11) is 0. The summed E-state index contributed by atoms with van der Waals surface area (Å²) >= 11 is 0. The van der Waals surface area contributed by atoms with Gasteiger partial charge in [0.05, 0.1) is 0 Å². The zero-order valence-corrected chi connectivity index (χ0v) is 6.69. The van der Waals surface area contributed by atoms with Gasteiger partial charge in [0.15, 0.2) is 0 Å². The minimum absolute atomic E-state index is 0.191. The lowest BCUT2D eigenvalue weighted by molar-refractivity contribution is -0.137. The Balaban J connectivity index is 0. The number of carboxylic acid groups (broad SMARTS) is 2. The summed E-state index contributed by atoms with van der Waals surface area (Å²) in [5, 5.41) is 15.6. The topological polar surface area (TPSA) is 101 Å². The van der Waals surface area contributed by atoms with Crippen molar-refractivity contribution in [1.29, 1.82) is 0 Å². The lowest BCUT2D eigenvalue weighted by Crippen LogP contribution is -2.02. The largest absolute Gasteiger partial charge is 0.481 e. The second-order valence-corrected chi connectivity index (χ2v) is 1.83. The monoisotopic (exact) mass is 175 g/mol. The molecule has 70 valence electrons. The van der Waals surface area contributed by atoms with Crippen molar-refractivity contribution in [1.82, 2.24) is 0 Å².